The van der Waals surface area contributed by atoms with E-state index in [1.807, 2.05) is 25.7 Å². The molecule has 4 heterocycles. The van der Waals surface area contributed by atoms with Crippen LogP contribution < -0.4 is 10.5 Å². The average Bonchev–Trinajstić information content (AvgIpc) is 3.28. The average molecular weight is 409 g/mol. The van der Waals surface area contributed by atoms with E-state index in [0.717, 1.165) is 12.5 Å². The van der Waals surface area contributed by atoms with Gasteiger partial charge in [0.1, 0.15) is 5.39 Å². The van der Waals surface area contributed by atoms with Gasteiger partial charge in [-0.15, -0.1) is 0 Å². The molecule has 3 aromatic rings. The van der Waals surface area contributed by atoms with Gasteiger partial charge < -0.3 is 4.90 Å². The zero-order valence-corrected chi connectivity index (χ0v) is 16.4. The van der Waals surface area contributed by atoms with Gasteiger partial charge in [0.2, 0.25) is 5.95 Å². The summed E-state index contributed by atoms with van der Waals surface area (Å²) in [5.74, 6) is 0.390. The molecule has 0 radical (unpaired) electrons. The predicted molar refractivity (Wildman–Crippen MR) is 101 cm³/mol. The highest BCUT2D eigenvalue weighted by atomic mass is 19.4. The van der Waals surface area contributed by atoms with Gasteiger partial charge in [-0.2, -0.15) is 28.4 Å². The number of nitrogens with zero attached hydrogens (tertiary/aromatic N) is 6. The predicted octanol–water partition coefficient (Wildman–Crippen LogP) is 2.93. The van der Waals surface area contributed by atoms with Crippen LogP contribution in [0.2, 0.25) is 0 Å². The minimum atomic E-state index is -4.47. The Bertz CT molecular complexity index is 1090. The van der Waals surface area contributed by atoms with E-state index in [1.165, 1.54) is 17.1 Å². The number of piperidine rings is 1. The summed E-state index contributed by atoms with van der Waals surface area (Å²) in [6.07, 6.45) is -0.181. The molecule has 3 aromatic heterocycles. The van der Waals surface area contributed by atoms with Crippen LogP contribution in [0.4, 0.5) is 19.1 Å². The highest BCUT2D eigenvalue weighted by molar-refractivity contribution is 5.74. The maximum atomic E-state index is 12.9. The Balaban J connectivity index is 1.65. The fraction of sp³-hybridized carbons (Fsp3) is 0.556. The second kappa shape index (κ2) is 6.60. The number of alkyl halides is 3. The lowest BCUT2D eigenvalue weighted by atomic mass is 10.1. The first kappa shape index (κ1) is 19.5. The molecule has 156 valence electrons. The van der Waals surface area contributed by atoms with Gasteiger partial charge >= 0.3 is 6.18 Å². The Morgan fingerprint density at radius 3 is 2.66 bits per heavy atom. The van der Waals surface area contributed by atoms with Gasteiger partial charge in [0, 0.05) is 19.3 Å². The van der Waals surface area contributed by atoms with Crippen LogP contribution in [0.15, 0.2) is 23.3 Å². The molecule has 4 rings (SSSR count). The van der Waals surface area contributed by atoms with Crippen molar-refractivity contribution in [1.82, 2.24) is 29.5 Å². The van der Waals surface area contributed by atoms with E-state index >= 15 is 0 Å². The van der Waals surface area contributed by atoms with Crippen molar-refractivity contribution in [2.24, 2.45) is 0 Å². The molecule has 1 atom stereocenters. The van der Waals surface area contributed by atoms with Gasteiger partial charge in [0.05, 0.1) is 17.8 Å². The van der Waals surface area contributed by atoms with Crippen molar-refractivity contribution < 1.29 is 13.2 Å². The quantitative estimate of drug-likeness (QED) is 0.704. The number of H-pyrrole nitrogens is 1. The number of nitrogens with one attached hydrogen (secondary N) is 1. The van der Waals surface area contributed by atoms with E-state index in [-0.39, 0.29) is 17.1 Å². The fourth-order valence-corrected chi connectivity index (χ4v) is 3.60. The topological polar surface area (TPSA) is 84.6 Å². The first-order valence-electron chi connectivity index (χ1n) is 9.40. The van der Waals surface area contributed by atoms with Crippen molar-refractivity contribution in [1.29, 1.82) is 0 Å². The van der Waals surface area contributed by atoms with Crippen molar-refractivity contribution in [3.8, 4) is 0 Å². The second-order valence-corrected chi connectivity index (χ2v) is 8.27. The van der Waals surface area contributed by atoms with E-state index in [4.69, 9.17) is 0 Å². The zero-order valence-electron chi connectivity index (χ0n) is 16.4. The number of aromatic amines is 1. The first-order chi connectivity index (χ1) is 13.5. The van der Waals surface area contributed by atoms with Gasteiger partial charge in [-0.25, -0.2) is 4.68 Å². The molecule has 0 bridgehead atoms. The van der Waals surface area contributed by atoms with Crippen LogP contribution in [0.25, 0.3) is 11.0 Å². The van der Waals surface area contributed by atoms with Gasteiger partial charge in [-0.3, -0.25) is 14.5 Å². The third-order valence-corrected chi connectivity index (χ3v) is 5.03. The third kappa shape index (κ3) is 3.60. The molecule has 0 aromatic carbocycles. The molecule has 1 saturated heterocycles. The molecule has 11 heteroatoms. The molecular formula is C18H22F3N7O. The van der Waals surface area contributed by atoms with Crippen molar-refractivity contribution in [3.05, 3.63) is 34.5 Å². The van der Waals surface area contributed by atoms with Crippen LogP contribution in [0.3, 0.4) is 0 Å². The lowest BCUT2D eigenvalue weighted by molar-refractivity contribution is -0.141. The number of halogens is 3. The molecule has 1 aliphatic heterocycles. The summed E-state index contributed by atoms with van der Waals surface area (Å²) in [6, 6.07) is 0.737. The van der Waals surface area contributed by atoms with Crippen LogP contribution in [-0.2, 0) is 11.7 Å². The molecule has 0 amide bonds. The van der Waals surface area contributed by atoms with Gasteiger partial charge in [0.15, 0.2) is 11.3 Å². The Morgan fingerprint density at radius 2 is 2.00 bits per heavy atom. The molecule has 0 saturated carbocycles. The second-order valence-electron chi connectivity index (χ2n) is 8.27. The molecule has 1 unspecified atom stereocenters. The number of hydrogen-bond acceptors (Lipinski definition) is 5. The van der Waals surface area contributed by atoms with Crippen LogP contribution in [0, 0.1) is 0 Å². The van der Waals surface area contributed by atoms with Crippen LogP contribution >= 0.6 is 0 Å². The standard InChI is InChI=1S/C18H22F3N7O/c1-17(2,3)28-14-12(9-22-28)15(29)24-16(23-14)26-7-4-5-11(10-26)27-8-6-13(25-27)18(19,20)21/h6,8-9,11H,4-5,7,10H2,1-3H3,(H,23,24,29). The van der Waals surface area contributed by atoms with Crippen LogP contribution in [0.5, 0.6) is 0 Å². The summed E-state index contributed by atoms with van der Waals surface area (Å²) in [4.78, 5) is 21.8. The summed E-state index contributed by atoms with van der Waals surface area (Å²) in [6.45, 7) is 6.94. The molecule has 1 aliphatic rings. The van der Waals surface area contributed by atoms with Crippen molar-refractivity contribution in [2.75, 3.05) is 18.0 Å². The maximum absolute atomic E-state index is 12.9. The lowest BCUT2D eigenvalue weighted by Crippen LogP contribution is -2.39. The zero-order chi connectivity index (χ0) is 21.0. The largest absolute Gasteiger partial charge is 0.435 e. The number of fused-ring (bicyclic) bond motifs is 1. The summed E-state index contributed by atoms with van der Waals surface area (Å²) < 4.78 is 41.6. The molecule has 1 fully saturated rings. The fourth-order valence-electron chi connectivity index (χ4n) is 3.60. The molecule has 29 heavy (non-hydrogen) atoms. The Morgan fingerprint density at radius 1 is 1.24 bits per heavy atom. The summed E-state index contributed by atoms with van der Waals surface area (Å²) in [5.41, 5.74) is -1.07. The van der Waals surface area contributed by atoms with E-state index in [1.54, 1.807) is 4.68 Å². The Kier molecular flexibility index (Phi) is 4.43. The van der Waals surface area contributed by atoms with Crippen LogP contribution in [0.1, 0.15) is 45.3 Å². The molecule has 0 spiro atoms. The van der Waals surface area contributed by atoms with Crippen molar-refractivity contribution in [2.45, 2.75) is 51.4 Å². The summed E-state index contributed by atoms with van der Waals surface area (Å²) in [5, 5.41) is 8.40. The number of rotatable bonds is 2. The summed E-state index contributed by atoms with van der Waals surface area (Å²) >= 11 is 0. The first-order valence-corrected chi connectivity index (χ1v) is 9.40. The highest BCUT2D eigenvalue weighted by Gasteiger charge is 2.34. The summed E-state index contributed by atoms with van der Waals surface area (Å²) in [7, 11) is 0. The van der Waals surface area contributed by atoms with Gasteiger partial charge in [0.25, 0.3) is 5.56 Å². The molecular weight excluding hydrogens is 387 g/mol. The number of aromatic nitrogens is 6. The lowest BCUT2D eigenvalue weighted by Gasteiger charge is -2.33. The van der Waals surface area contributed by atoms with Gasteiger partial charge in [-0.05, 0) is 39.7 Å². The van der Waals surface area contributed by atoms with E-state index in [0.29, 0.717) is 36.5 Å². The highest BCUT2D eigenvalue weighted by Crippen LogP contribution is 2.30. The third-order valence-electron chi connectivity index (χ3n) is 5.03. The normalized spacial score (nSPS) is 18.6. The molecule has 8 nitrogen and oxygen atoms in total. The minimum absolute atomic E-state index is 0.242. The number of hydrogen-bond donors (Lipinski definition) is 1. The SMILES string of the molecule is CC(C)(C)n1ncc2c(=O)[nH]c(N3CCCC(n4ccc(C(F)(F)F)n4)C3)nc21. The minimum Gasteiger partial charge on any atom is -0.340 e. The molecule has 1 N–H and O–H groups in total. The van der Waals surface area contributed by atoms with Crippen molar-refractivity contribution >= 4 is 17.0 Å². The van der Waals surface area contributed by atoms with Crippen LogP contribution in [-0.4, -0.2) is 42.6 Å². The van der Waals surface area contributed by atoms with Gasteiger partial charge in [-0.1, -0.05) is 0 Å². The van der Waals surface area contributed by atoms with Crippen molar-refractivity contribution in [3.63, 3.8) is 0 Å². The van der Waals surface area contributed by atoms with E-state index in [9.17, 15) is 18.0 Å². The smallest absolute Gasteiger partial charge is 0.340 e. The maximum Gasteiger partial charge on any atom is 0.435 e. The molecule has 0 aliphatic carbocycles. The van der Waals surface area contributed by atoms with E-state index in [2.05, 4.69) is 20.2 Å². The number of anilines is 1. The van der Waals surface area contributed by atoms with E-state index < -0.39 is 11.9 Å². The Hall–Kier alpha value is -2.85. The monoisotopic (exact) mass is 409 g/mol. The Labute approximate surface area is 164 Å².